The Balaban J connectivity index is 1.92. The molecule has 0 spiro atoms. The minimum atomic E-state index is -0.623. The van der Waals surface area contributed by atoms with E-state index in [4.69, 9.17) is 0 Å². The van der Waals surface area contributed by atoms with E-state index in [1.54, 1.807) is 12.1 Å². The van der Waals surface area contributed by atoms with Gasteiger partial charge in [-0.2, -0.15) is 0 Å². The summed E-state index contributed by atoms with van der Waals surface area (Å²) in [6.07, 6.45) is 2.03. The summed E-state index contributed by atoms with van der Waals surface area (Å²) in [6.45, 7) is 6.17. The van der Waals surface area contributed by atoms with Gasteiger partial charge in [0.15, 0.2) is 10.9 Å². The summed E-state index contributed by atoms with van der Waals surface area (Å²) in [4.78, 5) is 33.6. The second-order valence-electron chi connectivity index (χ2n) is 8.43. The SMILES string of the molecule is CCCSc1nc2c(c(=O)[nH]1)C(c1cccc(F)c1)C1=C(CC(C)(C)CC1=O)N2. The molecule has 2 aromatic rings. The van der Waals surface area contributed by atoms with Gasteiger partial charge in [-0.3, -0.25) is 9.59 Å². The van der Waals surface area contributed by atoms with Crippen molar-refractivity contribution in [3.8, 4) is 0 Å². The first-order chi connectivity index (χ1) is 13.8. The topological polar surface area (TPSA) is 74.8 Å². The molecule has 1 aromatic carbocycles. The first-order valence-electron chi connectivity index (χ1n) is 9.85. The van der Waals surface area contributed by atoms with Crippen molar-refractivity contribution in [2.45, 2.75) is 51.1 Å². The van der Waals surface area contributed by atoms with Crippen LogP contribution in [0, 0.1) is 11.2 Å². The zero-order chi connectivity index (χ0) is 20.8. The van der Waals surface area contributed by atoms with Crippen molar-refractivity contribution < 1.29 is 9.18 Å². The van der Waals surface area contributed by atoms with Crippen molar-refractivity contribution in [3.05, 3.63) is 62.8 Å². The molecule has 0 saturated carbocycles. The predicted molar refractivity (Wildman–Crippen MR) is 113 cm³/mol. The molecular formula is C22H24FN3O2S. The third-order valence-corrected chi connectivity index (χ3v) is 6.40. The van der Waals surface area contributed by atoms with Gasteiger partial charge in [-0.15, -0.1) is 0 Å². The van der Waals surface area contributed by atoms with E-state index in [0.717, 1.165) is 17.9 Å². The van der Waals surface area contributed by atoms with Crippen molar-refractivity contribution in [3.63, 3.8) is 0 Å². The van der Waals surface area contributed by atoms with Crippen LogP contribution in [0.15, 0.2) is 45.5 Å². The van der Waals surface area contributed by atoms with Gasteiger partial charge in [0.2, 0.25) is 0 Å². The summed E-state index contributed by atoms with van der Waals surface area (Å²) in [6, 6.07) is 6.13. The lowest BCUT2D eigenvalue weighted by Crippen LogP contribution is -2.37. The Morgan fingerprint density at radius 2 is 2.07 bits per heavy atom. The highest BCUT2D eigenvalue weighted by atomic mass is 32.2. The lowest BCUT2D eigenvalue weighted by Gasteiger charge is -2.38. The Hall–Kier alpha value is -2.41. The quantitative estimate of drug-likeness (QED) is 0.565. The zero-order valence-electron chi connectivity index (χ0n) is 16.8. The largest absolute Gasteiger partial charge is 0.343 e. The number of H-pyrrole nitrogens is 1. The number of Topliss-reactive ketones (excluding diaryl/α,β-unsaturated/α-hetero) is 1. The number of aromatic nitrogens is 2. The maximum atomic E-state index is 14.0. The minimum absolute atomic E-state index is 0.00695. The standard InChI is InChI=1S/C22H24FN3O2S/c1-4-8-29-21-25-19-18(20(28)26-21)16(12-6-5-7-13(23)9-12)17-14(24-19)10-22(2,3)11-15(17)27/h5-7,9,16H,4,8,10-11H2,1-3H3,(H2,24,25,26,28). The van der Waals surface area contributed by atoms with Crippen LogP contribution in [0.3, 0.4) is 0 Å². The highest BCUT2D eigenvalue weighted by Gasteiger charge is 2.42. The highest BCUT2D eigenvalue weighted by Crippen LogP contribution is 2.47. The fourth-order valence-corrected chi connectivity index (χ4v) is 4.90. The molecule has 1 unspecified atom stereocenters. The molecule has 7 heteroatoms. The van der Waals surface area contributed by atoms with Gasteiger partial charge in [-0.25, -0.2) is 9.37 Å². The van der Waals surface area contributed by atoms with Gasteiger partial charge in [0.1, 0.15) is 11.6 Å². The number of benzene rings is 1. The average Bonchev–Trinajstić information content (AvgIpc) is 2.63. The van der Waals surface area contributed by atoms with E-state index in [9.17, 15) is 14.0 Å². The van der Waals surface area contributed by atoms with Crippen LogP contribution in [0.2, 0.25) is 0 Å². The van der Waals surface area contributed by atoms with Crippen LogP contribution in [0.4, 0.5) is 10.2 Å². The number of thioether (sulfide) groups is 1. The lowest BCUT2D eigenvalue weighted by atomic mass is 9.69. The number of nitrogens with zero attached hydrogens (tertiary/aromatic N) is 1. The zero-order valence-corrected chi connectivity index (χ0v) is 17.6. The highest BCUT2D eigenvalue weighted by molar-refractivity contribution is 7.99. The van der Waals surface area contributed by atoms with Crippen molar-refractivity contribution in [1.29, 1.82) is 0 Å². The Bertz CT molecular complexity index is 1070. The summed E-state index contributed by atoms with van der Waals surface area (Å²) in [5.41, 5.74) is 1.84. The molecule has 2 aliphatic rings. The van der Waals surface area contributed by atoms with Crippen LogP contribution in [-0.2, 0) is 4.79 Å². The molecule has 0 saturated heterocycles. The number of halogens is 1. The molecule has 1 aliphatic carbocycles. The van der Waals surface area contributed by atoms with E-state index < -0.39 is 11.7 Å². The number of anilines is 1. The molecule has 0 radical (unpaired) electrons. The average molecular weight is 414 g/mol. The second-order valence-corrected chi connectivity index (χ2v) is 9.51. The maximum absolute atomic E-state index is 14.0. The van der Waals surface area contributed by atoms with Crippen LogP contribution in [-0.4, -0.2) is 21.5 Å². The van der Waals surface area contributed by atoms with E-state index in [1.807, 2.05) is 0 Å². The summed E-state index contributed by atoms with van der Waals surface area (Å²) in [5, 5.41) is 3.83. The summed E-state index contributed by atoms with van der Waals surface area (Å²) < 4.78 is 14.0. The van der Waals surface area contributed by atoms with E-state index in [2.05, 4.69) is 36.1 Å². The minimum Gasteiger partial charge on any atom is -0.343 e. The van der Waals surface area contributed by atoms with E-state index >= 15 is 0 Å². The van der Waals surface area contributed by atoms with Gasteiger partial charge in [0, 0.05) is 29.4 Å². The van der Waals surface area contributed by atoms with E-state index in [-0.39, 0.29) is 16.8 Å². The first-order valence-corrected chi connectivity index (χ1v) is 10.8. The number of nitrogens with one attached hydrogen (secondary N) is 2. The molecule has 5 nitrogen and oxygen atoms in total. The molecule has 1 aromatic heterocycles. The van der Waals surface area contributed by atoms with Crippen LogP contribution in [0.25, 0.3) is 0 Å². The Morgan fingerprint density at radius 3 is 2.79 bits per heavy atom. The van der Waals surface area contributed by atoms with Crippen LogP contribution in [0.1, 0.15) is 57.1 Å². The van der Waals surface area contributed by atoms with Gasteiger partial charge in [0.05, 0.1) is 5.56 Å². The number of carbonyl (C=O) groups excluding carboxylic acids is 1. The molecule has 0 bridgehead atoms. The molecule has 2 N–H and O–H groups in total. The number of carbonyl (C=O) groups is 1. The van der Waals surface area contributed by atoms with Crippen LogP contribution >= 0.6 is 11.8 Å². The van der Waals surface area contributed by atoms with Crippen molar-refractivity contribution in [2.24, 2.45) is 5.41 Å². The number of ketones is 1. The van der Waals surface area contributed by atoms with Gasteiger partial charge in [0.25, 0.3) is 5.56 Å². The fourth-order valence-electron chi connectivity index (χ4n) is 4.18. The number of rotatable bonds is 4. The van der Waals surface area contributed by atoms with Gasteiger partial charge < -0.3 is 10.3 Å². The summed E-state index contributed by atoms with van der Waals surface area (Å²) in [7, 11) is 0. The third-order valence-electron chi connectivity index (χ3n) is 5.33. The number of allylic oxidation sites excluding steroid dienone is 2. The number of fused-ring (bicyclic) bond motifs is 1. The Labute approximate surface area is 173 Å². The number of aromatic amines is 1. The number of hydrogen-bond donors (Lipinski definition) is 2. The van der Waals surface area contributed by atoms with Gasteiger partial charge in [-0.1, -0.05) is 44.7 Å². The molecular weight excluding hydrogens is 389 g/mol. The normalized spacial score (nSPS) is 20.1. The van der Waals surface area contributed by atoms with Gasteiger partial charge in [-0.05, 0) is 36.0 Å². The van der Waals surface area contributed by atoms with Crippen molar-refractivity contribution in [2.75, 3.05) is 11.1 Å². The van der Waals surface area contributed by atoms with Crippen LogP contribution in [0.5, 0.6) is 0 Å². The molecule has 1 aliphatic heterocycles. The molecule has 0 amide bonds. The monoisotopic (exact) mass is 413 g/mol. The summed E-state index contributed by atoms with van der Waals surface area (Å²) >= 11 is 1.49. The van der Waals surface area contributed by atoms with Crippen LogP contribution < -0.4 is 10.9 Å². The molecule has 1 atom stereocenters. The summed E-state index contributed by atoms with van der Waals surface area (Å²) in [5.74, 6) is 0.280. The van der Waals surface area contributed by atoms with Gasteiger partial charge >= 0.3 is 0 Å². The molecule has 4 rings (SSSR count). The smallest absolute Gasteiger partial charge is 0.257 e. The maximum Gasteiger partial charge on any atom is 0.257 e. The van der Waals surface area contributed by atoms with E-state index in [0.29, 0.717) is 40.5 Å². The molecule has 0 fully saturated rings. The van der Waals surface area contributed by atoms with Crippen molar-refractivity contribution in [1.82, 2.24) is 9.97 Å². The third kappa shape index (κ3) is 3.75. The molecule has 152 valence electrons. The fraction of sp³-hybridized carbons (Fsp3) is 0.409. The second kappa shape index (κ2) is 7.44. The van der Waals surface area contributed by atoms with Crippen molar-refractivity contribution >= 4 is 23.4 Å². The molecule has 2 heterocycles. The van der Waals surface area contributed by atoms with E-state index in [1.165, 1.54) is 23.9 Å². The Morgan fingerprint density at radius 1 is 1.28 bits per heavy atom. The first kappa shape index (κ1) is 19.9. The lowest BCUT2D eigenvalue weighted by molar-refractivity contribution is -0.118. The Kier molecular flexibility index (Phi) is 5.11. The molecule has 29 heavy (non-hydrogen) atoms. The number of hydrogen-bond acceptors (Lipinski definition) is 5. The predicted octanol–water partition coefficient (Wildman–Crippen LogP) is 4.61.